The van der Waals surface area contributed by atoms with E-state index in [1.54, 1.807) is 11.8 Å². The average Bonchev–Trinajstić information content (AvgIpc) is 3.40. The van der Waals surface area contributed by atoms with Gasteiger partial charge < -0.3 is 10.6 Å². The molecule has 0 aliphatic rings. The van der Waals surface area contributed by atoms with E-state index in [4.69, 9.17) is 0 Å². The molecule has 7 heteroatoms. The lowest BCUT2D eigenvalue weighted by atomic mass is 10.1. The third kappa shape index (κ3) is 7.18. The van der Waals surface area contributed by atoms with Crippen LogP contribution in [-0.4, -0.2) is 20.8 Å². The molecular formula is C33H33N5OS. The molecule has 4 aromatic carbocycles. The Morgan fingerprint density at radius 1 is 0.775 bits per heavy atom. The van der Waals surface area contributed by atoms with Crippen LogP contribution in [0.5, 0.6) is 0 Å². The highest BCUT2D eigenvalue weighted by Crippen LogP contribution is 2.29. The Labute approximate surface area is 239 Å². The number of thioether (sulfide) groups is 1. The molecule has 5 aromatic rings. The standard InChI is InChI=1S/C33H33N5OS/c1-24-16-18-29(19-17-24)38-31(36-37-33(38)40-23-28-15-9-10-25(2)20-28)30(21-26-11-5-3-6-12-26)35-32(39)34-22-27-13-7-4-8-14-27/h3-20,30H,21-23H2,1-2H3,(H2,34,35,39). The van der Waals surface area contributed by atoms with Crippen LogP contribution in [-0.2, 0) is 18.7 Å². The van der Waals surface area contributed by atoms with Crippen LogP contribution in [0.1, 0.15) is 39.7 Å². The van der Waals surface area contributed by atoms with Crippen LogP contribution < -0.4 is 10.6 Å². The number of benzene rings is 4. The van der Waals surface area contributed by atoms with Gasteiger partial charge in [-0.1, -0.05) is 120 Å². The molecule has 2 N–H and O–H groups in total. The molecule has 0 fully saturated rings. The first kappa shape index (κ1) is 27.2. The minimum absolute atomic E-state index is 0.253. The maximum Gasteiger partial charge on any atom is 0.315 e. The molecule has 1 aromatic heterocycles. The zero-order valence-electron chi connectivity index (χ0n) is 22.7. The predicted molar refractivity (Wildman–Crippen MR) is 162 cm³/mol. The molecule has 0 radical (unpaired) electrons. The Hall–Kier alpha value is -4.36. The highest BCUT2D eigenvalue weighted by Gasteiger charge is 2.25. The maximum absolute atomic E-state index is 13.1. The summed E-state index contributed by atoms with van der Waals surface area (Å²) in [7, 11) is 0. The van der Waals surface area contributed by atoms with Gasteiger partial charge in [0.25, 0.3) is 0 Å². The second-order valence-electron chi connectivity index (χ2n) is 9.84. The molecule has 0 saturated heterocycles. The van der Waals surface area contributed by atoms with Crippen molar-refractivity contribution in [2.45, 2.75) is 43.8 Å². The van der Waals surface area contributed by atoms with E-state index in [0.717, 1.165) is 27.7 Å². The highest BCUT2D eigenvalue weighted by atomic mass is 32.2. The number of hydrogen-bond donors (Lipinski definition) is 2. The molecule has 202 valence electrons. The van der Waals surface area contributed by atoms with E-state index in [2.05, 4.69) is 99.9 Å². The summed E-state index contributed by atoms with van der Waals surface area (Å²) in [5.41, 5.74) is 6.73. The van der Waals surface area contributed by atoms with Gasteiger partial charge in [0, 0.05) is 24.4 Å². The van der Waals surface area contributed by atoms with Gasteiger partial charge in [0.2, 0.25) is 0 Å². The first-order valence-electron chi connectivity index (χ1n) is 13.4. The lowest BCUT2D eigenvalue weighted by molar-refractivity contribution is 0.236. The molecule has 1 unspecified atom stereocenters. The fraction of sp³-hybridized carbons (Fsp3) is 0.182. The van der Waals surface area contributed by atoms with Gasteiger partial charge >= 0.3 is 6.03 Å². The summed E-state index contributed by atoms with van der Waals surface area (Å²) in [6.45, 7) is 4.61. The lowest BCUT2D eigenvalue weighted by Gasteiger charge is -2.21. The summed E-state index contributed by atoms with van der Waals surface area (Å²) >= 11 is 1.64. The number of nitrogens with zero attached hydrogens (tertiary/aromatic N) is 3. The van der Waals surface area contributed by atoms with E-state index in [1.807, 2.05) is 48.5 Å². The molecule has 0 aliphatic heterocycles. The van der Waals surface area contributed by atoms with Gasteiger partial charge in [-0.25, -0.2) is 4.79 Å². The zero-order valence-corrected chi connectivity index (χ0v) is 23.6. The number of amides is 2. The molecule has 2 amide bonds. The molecule has 1 heterocycles. The van der Waals surface area contributed by atoms with Gasteiger partial charge in [0.1, 0.15) is 0 Å². The molecule has 40 heavy (non-hydrogen) atoms. The fourth-order valence-electron chi connectivity index (χ4n) is 4.53. The Kier molecular flexibility index (Phi) is 8.93. The largest absolute Gasteiger partial charge is 0.334 e. The van der Waals surface area contributed by atoms with Crippen LogP contribution in [0.15, 0.2) is 114 Å². The van der Waals surface area contributed by atoms with Crippen molar-refractivity contribution in [3.8, 4) is 5.69 Å². The second kappa shape index (κ2) is 13.1. The highest BCUT2D eigenvalue weighted by molar-refractivity contribution is 7.98. The first-order chi connectivity index (χ1) is 19.5. The Morgan fingerprint density at radius 3 is 2.15 bits per heavy atom. The molecule has 0 bridgehead atoms. The summed E-state index contributed by atoms with van der Waals surface area (Å²) in [5, 5.41) is 16.2. The molecule has 5 rings (SSSR count). The van der Waals surface area contributed by atoms with Crippen molar-refractivity contribution < 1.29 is 4.79 Å². The number of aromatic nitrogens is 3. The summed E-state index contributed by atoms with van der Waals surface area (Å²) in [6, 6.07) is 36.2. The van der Waals surface area contributed by atoms with E-state index in [0.29, 0.717) is 18.8 Å². The number of aryl methyl sites for hydroxylation is 2. The van der Waals surface area contributed by atoms with E-state index >= 15 is 0 Å². The molecular weight excluding hydrogens is 514 g/mol. The Bertz CT molecular complexity index is 1530. The van der Waals surface area contributed by atoms with Crippen LogP contribution in [0.2, 0.25) is 0 Å². The van der Waals surface area contributed by atoms with Crippen LogP contribution in [0.25, 0.3) is 5.69 Å². The third-order valence-corrected chi connectivity index (χ3v) is 7.60. The molecule has 0 saturated carbocycles. The van der Waals surface area contributed by atoms with Crippen molar-refractivity contribution in [3.05, 3.63) is 143 Å². The molecule has 0 spiro atoms. The SMILES string of the molecule is Cc1ccc(-n2c(SCc3cccc(C)c3)nnc2C(Cc2ccccc2)NC(=O)NCc2ccccc2)cc1. The van der Waals surface area contributed by atoms with Gasteiger partial charge in [-0.2, -0.15) is 0 Å². The van der Waals surface area contributed by atoms with Crippen LogP contribution in [0.3, 0.4) is 0 Å². The maximum atomic E-state index is 13.1. The van der Waals surface area contributed by atoms with Crippen LogP contribution >= 0.6 is 11.8 Å². The minimum atomic E-state index is -0.403. The fourth-order valence-corrected chi connectivity index (χ4v) is 5.43. The van der Waals surface area contributed by atoms with Crippen molar-refractivity contribution in [1.82, 2.24) is 25.4 Å². The van der Waals surface area contributed by atoms with E-state index in [1.165, 1.54) is 16.7 Å². The van der Waals surface area contributed by atoms with Gasteiger partial charge in [-0.05, 0) is 42.7 Å². The molecule has 0 aliphatic carbocycles. The summed E-state index contributed by atoms with van der Waals surface area (Å²) in [6.07, 6.45) is 0.576. The van der Waals surface area contributed by atoms with E-state index in [9.17, 15) is 4.79 Å². The molecule has 6 nitrogen and oxygen atoms in total. The lowest BCUT2D eigenvalue weighted by Crippen LogP contribution is -2.39. The zero-order chi connectivity index (χ0) is 27.7. The second-order valence-corrected chi connectivity index (χ2v) is 10.8. The van der Waals surface area contributed by atoms with Crippen molar-refractivity contribution in [2.75, 3.05) is 0 Å². The summed E-state index contributed by atoms with van der Waals surface area (Å²) < 4.78 is 2.07. The Morgan fingerprint density at radius 2 is 1.45 bits per heavy atom. The van der Waals surface area contributed by atoms with Gasteiger partial charge in [-0.3, -0.25) is 4.57 Å². The Balaban J connectivity index is 1.46. The van der Waals surface area contributed by atoms with Crippen molar-refractivity contribution in [1.29, 1.82) is 0 Å². The third-order valence-electron chi connectivity index (χ3n) is 6.60. The number of rotatable bonds is 10. The van der Waals surface area contributed by atoms with Crippen molar-refractivity contribution in [3.63, 3.8) is 0 Å². The smallest absolute Gasteiger partial charge is 0.315 e. The number of carbonyl (C=O) groups is 1. The van der Waals surface area contributed by atoms with Crippen LogP contribution in [0, 0.1) is 13.8 Å². The average molecular weight is 548 g/mol. The van der Waals surface area contributed by atoms with Gasteiger partial charge in [0.15, 0.2) is 11.0 Å². The normalized spacial score (nSPS) is 11.7. The predicted octanol–water partition coefficient (Wildman–Crippen LogP) is 6.96. The number of nitrogens with one attached hydrogen (secondary N) is 2. The van der Waals surface area contributed by atoms with Crippen LogP contribution in [0.4, 0.5) is 4.79 Å². The summed E-state index contributed by atoms with van der Waals surface area (Å²) in [5.74, 6) is 1.45. The number of urea groups is 1. The van der Waals surface area contributed by atoms with Crippen molar-refractivity contribution >= 4 is 17.8 Å². The minimum Gasteiger partial charge on any atom is -0.334 e. The van der Waals surface area contributed by atoms with Gasteiger partial charge in [0.05, 0.1) is 6.04 Å². The monoisotopic (exact) mass is 547 g/mol. The number of carbonyl (C=O) groups excluding carboxylic acids is 1. The quantitative estimate of drug-likeness (QED) is 0.185. The van der Waals surface area contributed by atoms with E-state index < -0.39 is 6.04 Å². The number of hydrogen-bond acceptors (Lipinski definition) is 4. The van der Waals surface area contributed by atoms with Gasteiger partial charge in [-0.15, -0.1) is 10.2 Å². The van der Waals surface area contributed by atoms with Crippen molar-refractivity contribution in [2.24, 2.45) is 0 Å². The summed E-state index contributed by atoms with van der Waals surface area (Å²) in [4.78, 5) is 13.1. The first-order valence-corrected chi connectivity index (χ1v) is 14.4. The topological polar surface area (TPSA) is 71.8 Å². The van der Waals surface area contributed by atoms with E-state index in [-0.39, 0.29) is 6.03 Å². The molecule has 1 atom stereocenters.